The summed E-state index contributed by atoms with van der Waals surface area (Å²) < 4.78 is 5.22. The summed E-state index contributed by atoms with van der Waals surface area (Å²) in [5.41, 5.74) is 6.20. The molecule has 1 saturated carbocycles. The molecule has 1 atom stereocenters. The number of benzene rings is 1. The van der Waals surface area contributed by atoms with Crippen molar-refractivity contribution in [2.45, 2.75) is 38.3 Å². The third kappa shape index (κ3) is 3.19. The minimum Gasteiger partial charge on any atom is -0.464 e. The Morgan fingerprint density at radius 1 is 1.35 bits per heavy atom. The number of carbonyl (C=O) groups excluding carboxylic acids is 1. The van der Waals surface area contributed by atoms with E-state index in [1.54, 1.807) is 0 Å². The Hall–Kier alpha value is -1.39. The molecule has 20 heavy (non-hydrogen) atoms. The van der Waals surface area contributed by atoms with Crippen molar-refractivity contribution in [2.24, 2.45) is 5.73 Å². The Labute approximate surface area is 120 Å². The monoisotopic (exact) mass is 276 g/mol. The molecule has 0 spiro atoms. The lowest BCUT2D eigenvalue weighted by molar-refractivity contribution is -0.151. The molecule has 1 aliphatic rings. The van der Waals surface area contributed by atoms with Crippen molar-refractivity contribution in [3.05, 3.63) is 35.9 Å². The minimum absolute atomic E-state index is 0.342. The number of nitrogens with two attached hydrogens (primary N) is 1. The van der Waals surface area contributed by atoms with E-state index in [0.29, 0.717) is 19.2 Å². The lowest BCUT2D eigenvalue weighted by atomic mass is 9.90. The van der Waals surface area contributed by atoms with Crippen LogP contribution in [0.4, 0.5) is 0 Å². The van der Waals surface area contributed by atoms with E-state index in [4.69, 9.17) is 10.5 Å². The van der Waals surface area contributed by atoms with Crippen molar-refractivity contribution in [3.8, 4) is 0 Å². The molecule has 1 unspecified atom stereocenters. The molecule has 2 rings (SSSR count). The number of nitrogens with zero attached hydrogens (tertiary/aromatic N) is 1. The van der Waals surface area contributed by atoms with E-state index in [1.807, 2.05) is 37.3 Å². The fourth-order valence-corrected chi connectivity index (χ4v) is 2.53. The third-order valence-corrected chi connectivity index (χ3v) is 3.85. The summed E-state index contributed by atoms with van der Waals surface area (Å²) in [5.74, 6) is -0.342. The minimum atomic E-state index is -1.09. The fourth-order valence-electron chi connectivity index (χ4n) is 2.53. The standard InChI is InChI=1S/C16H24N2O2/c1-3-18(14-10-11-14)12-16(17,15(19)20-4-2)13-8-6-5-7-9-13/h5-9,14H,3-4,10-12,17H2,1-2H3. The molecule has 0 saturated heterocycles. The first-order chi connectivity index (χ1) is 9.61. The Morgan fingerprint density at radius 2 is 2.00 bits per heavy atom. The van der Waals surface area contributed by atoms with E-state index >= 15 is 0 Å². The predicted octanol–water partition coefficient (Wildman–Crippen LogP) is 1.89. The summed E-state index contributed by atoms with van der Waals surface area (Å²) in [4.78, 5) is 14.7. The van der Waals surface area contributed by atoms with Gasteiger partial charge in [-0.15, -0.1) is 0 Å². The van der Waals surface area contributed by atoms with Crippen LogP contribution in [-0.2, 0) is 15.1 Å². The second kappa shape index (κ2) is 6.37. The molecule has 1 aromatic rings. The molecule has 0 amide bonds. The van der Waals surface area contributed by atoms with Gasteiger partial charge >= 0.3 is 5.97 Å². The maximum absolute atomic E-state index is 12.4. The largest absolute Gasteiger partial charge is 0.464 e. The van der Waals surface area contributed by atoms with E-state index in [0.717, 1.165) is 12.1 Å². The van der Waals surface area contributed by atoms with Crippen LogP contribution in [0, 0.1) is 0 Å². The van der Waals surface area contributed by atoms with Crippen molar-refractivity contribution in [3.63, 3.8) is 0 Å². The van der Waals surface area contributed by atoms with Gasteiger partial charge in [-0.2, -0.15) is 0 Å². The fraction of sp³-hybridized carbons (Fsp3) is 0.562. The van der Waals surface area contributed by atoms with Crippen LogP contribution in [0.15, 0.2) is 30.3 Å². The number of esters is 1. The molecule has 2 N–H and O–H groups in total. The summed E-state index contributed by atoms with van der Waals surface area (Å²) in [5, 5.41) is 0. The number of hydrogen-bond acceptors (Lipinski definition) is 4. The first-order valence-corrected chi connectivity index (χ1v) is 7.37. The van der Waals surface area contributed by atoms with Crippen LogP contribution >= 0.6 is 0 Å². The van der Waals surface area contributed by atoms with Crippen molar-refractivity contribution in [2.75, 3.05) is 19.7 Å². The van der Waals surface area contributed by atoms with Crippen molar-refractivity contribution < 1.29 is 9.53 Å². The van der Waals surface area contributed by atoms with Gasteiger partial charge in [0.05, 0.1) is 6.61 Å². The van der Waals surface area contributed by atoms with Gasteiger partial charge in [0.2, 0.25) is 0 Å². The van der Waals surface area contributed by atoms with Crippen molar-refractivity contribution in [1.29, 1.82) is 0 Å². The molecule has 1 aromatic carbocycles. The van der Waals surface area contributed by atoms with Crippen LogP contribution in [-0.4, -0.2) is 36.6 Å². The zero-order chi connectivity index (χ0) is 14.6. The summed E-state index contributed by atoms with van der Waals surface area (Å²) >= 11 is 0. The van der Waals surface area contributed by atoms with Gasteiger partial charge in [-0.1, -0.05) is 37.3 Å². The lowest BCUT2D eigenvalue weighted by Crippen LogP contribution is -2.54. The predicted molar refractivity (Wildman–Crippen MR) is 79.2 cm³/mol. The lowest BCUT2D eigenvalue weighted by Gasteiger charge is -2.33. The zero-order valence-electron chi connectivity index (χ0n) is 12.3. The molecular weight excluding hydrogens is 252 g/mol. The molecule has 0 bridgehead atoms. The van der Waals surface area contributed by atoms with E-state index in [9.17, 15) is 4.79 Å². The van der Waals surface area contributed by atoms with Crippen LogP contribution in [0.2, 0.25) is 0 Å². The van der Waals surface area contributed by atoms with Gasteiger partial charge in [-0.05, 0) is 31.9 Å². The molecule has 1 aliphatic carbocycles. The van der Waals surface area contributed by atoms with Gasteiger partial charge in [-0.25, -0.2) is 4.79 Å². The van der Waals surface area contributed by atoms with Gasteiger partial charge in [0, 0.05) is 12.6 Å². The molecule has 0 aliphatic heterocycles. The number of likely N-dealkylation sites (N-methyl/N-ethyl adjacent to an activating group) is 1. The van der Waals surface area contributed by atoms with Gasteiger partial charge in [0.1, 0.15) is 0 Å². The highest BCUT2D eigenvalue weighted by molar-refractivity contribution is 5.82. The van der Waals surface area contributed by atoms with Crippen LogP contribution in [0.25, 0.3) is 0 Å². The van der Waals surface area contributed by atoms with E-state index < -0.39 is 5.54 Å². The van der Waals surface area contributed by atoms with Crippen LogP contribution in [0.1, 0.15) is 32.3 Å². The number of carbonyl (C=O) groups is 1. The average Bonchev–Trinajstić information content (AvgIpc) is 3.30. The van der Waals surface area contributed by atoms with Crippen LogP contribution in [0.3, 0.4) is 0 Å². The third-order valence-electron chi connectivity index (χ3n) is 3.85. The zero-order valence-corrected chi connectivity index (χ0v) is 12.3. The molecule has 0 heterocycles. The second-order valence-electron chi connectivity index (χ2n) is 5.35. The molecule has 0 radical (unpaired) electrons. The molecular formula is C16H24N2O2. The van der Waals surface area contributed by atoms with E-state index in [1.165, 1.54) is 12.8 Å². The van der Waals surface area contributed by atoms with Gasteiger partial charge in [-0.3, -0.25) is 4.90 Å². The van der Waals surface area contributed by atoms with Crippen LogP contribution in [0.5, 0.6) is 0 Å². The molecule has 1 fully saturated rings. The summed E-state index contributed by atoms with van der Waals surface area (Å²) in [6.45, 7) is 5.67. The van der Waals surface area contributed by atoms with Gasteiger partial charge in [0.25, 0.3) is 0 Å². The highest BCUT2D eigenvalue weighted by Crippen LogP contribution is 2.30. The molecule has 110 valence electrons. The maximum Gasteiger partial charge on any atom is 0.332 e. The average molecular weight is 276 g/mol. The Kier molecular flexibility index (Phi) is 4.78. The van der Waals surface area contributed by atoms with Crippen molar-refractivity contribution in [1.82, 2.24) is 4.90 Å². The SMILES string of the molecule is CCOC(=O)C(N)(CN(CC)C1CC1)c1ccccc1. The topological polar surface area (TPSA) is 55.6 Å². The van der Waals surface area contributed by atoms with Gasteiger partial charge < -0.3 is 10.5 Å². The van der Waals surface area contributed by atoms with Gasteiger partial charge in [0.15, 0.2) is 5.54 Å². The quantitative estimate of drug-likeness (QED) is 0.773. The first kappa shape index (κ1) is 15.0. The Balaban J connectivity index is 2.25. The smallest absolute Gasteiger partial charge is 0.332 e. The van der Waals surface area contributed by atoms with E-state index in [-0.39, 0.29) is 5.97 Å². The highest BCUT2D eigenvalue weighted by Gasteiger charge is 2.42. The molecule has 0 aromatic heterocycles. The summed E-state index contributed by atoms with van der Waals surface area (Å²) in [6, 6.07) is 10.1. The Bertz CT molecular complexity index is 445. The number of hydrogen-bond donors (Lipinski definition) is 1. The normalized spacial score (nSPS) is 17.8. The highest BCUT2D eigenvalue weighted by atomic mass is 16.5. The second-order valence-corrected chi connectivity index (χ2v) is 5.35. The summed E-state index contributed by atoms with van der Waals surface area (Å²) in [7, 11) is 0. The first-order valence-electron chi connectivity index (χ1n) is 7.37. The molecule has 4 nitrogen and oxygen atoms in total. The summed E-state index contributed by atoms with van der Waals surface area (Å²) in [6.07, 6.45) is 2.39. The van der Waals surface area contributed by atoms with Crippen molar-refractivity contribution >= 4 is 5.97 Å². The number of ether oxygens (including phenoxy) is 1. The van der Waals surface area contributed by atoms with Crippen LogP contribution < -0.4 is 5.73 Å². The maximum atomic E-state index is 12.4. The molecule has 4 heteroatoms. The van der Waals surface area contributed by atoms with E-state index in [2.05, 4.69) is 11.8 Å². The number of rotatable bonds is 7. The Morgan fingerprint density at radius 3 is 2.50 bits per heavy atom.